The second-order valence-corrected chi connectivity index (χ2v) is 5.98. The normalized spacial score (nSPS) is 27.9. The Bertz CT molecular complexity index is 309. The molecule has 2 heterocycles. The molecule has 0 aliphatic carbocycles. The lowest BCUT2D eigenvalue weighted by atomic mass is 9.94. The summed E-state index contributed by atoms with van der Waals surface area (Å²) >= 11 is 1.90. The first kappa shape index (κ1) is 11.0. The van der Waals surface area contributed by atoms with Gasteiger partial charge in [-0.15, -0.1) is 0 Å². The first-order valence-electron chi connectivity index (χ1n) is 5.42. The van der Waals surface area contributed by atoms with Crippen molar-refractivity contribution in [3.8, 4) is 0 Å². The van der Waals surface area contributed by atoms with E-state index >= 15 is 0 Å². The van der Waals surface area contributed by atoms with Gasteiger partial charge >= 0.3 is 0 Å². The van der Waals surface area contributed by atoms with Crippen molar-refractivity contribution in [3.05, 3.63) is 30.1 Å². The van der Waals surface area contributed by atoms with Crippen molar-refractivity contribution in [2.45, 2.75) is 37.0 Å². The summed E-state index contributed by atoms with van der Waals surface area (Å²) in [7, 11) is 0. The lowest BCUT2D eigenvalue weighted by Gasteiger charge is -2.29. The molecule has 1 aromatic rings. The number of aliphatic hydroxyl groups is 1. The summed E-state index contributed by atoms with van der Waals surface area (Å²) in [5.74, 6) is 1.18. The first-order valence-corrected chi connectivity index (χ1v) is 6.40. The maximum absolute atomic E-state index is 10.2. The fraction of sp³-hybridized carbons (Fsp3) is 0.583. The highest BCUT2D eigenvalue weighted by Gasteiger charge is 2.36. The van der Waals surface area contributed by atoms with E-state index in [-0.39, 0.29) is 10.9 Å². The average molecular weight is 223 g/mol. The molecule has 0 bridgehead atoms. The highest BCUT2D eigenvalue weighted by molar-refractivity contribution is 8.00. The Kier molecular flexibility index (Phi) is 3.32. The van der Waals surface area contributed by atoms with E-state index in [4.69, 9.17) is 0 Å². The molecule has 2 atom stereocenters. The Balaban J connectivity index is 2.00. The molecule has 2 unspecified atom stereocenters. The fourth-order valence-electron chi connectivity index (χ4n) is 2.02. The van der Waals surface area contributed by atoms with E-state index in [1.165, 1.54) is 12.2 Å². The molecule has 3 heteroatoms. The van der Waals surface area contributed by atoms with Crippen molar-refractivity contribution in [3.63, 3.8) is 0 Å². The molecule has 15 heavy (non-hydrogen) atoms. The van der Waals surface area contributed by atoms with E-state index in [0.717, 1.165) is 18.4 Å². The molecule has 0 spiro atoms. The van der Waals surface area contributed by atoms with Crippen LogP contribution in [0.15, 0.2) is 24.5 Å². The molecule has 1 aromatic heterocycles. The molecule has 0 saturated carbocycles. The highest BCUT2D eigenvalue weighted by Crippen LogP contribution is 2.41. The minimum Gasteiger partial charge on any atom is -0.391 e. The summed E-state index contributed by atoms with van der Waals surface area (Å²) in [4.78, 5) is 4.07. The van der Waals surface area contributed by atoms with Crippen LogP contribution >= 0.6 is 11.8 Å². The van der Waals surface area contributed by atoms with Gasteiger partial charge in [-0.1, -0.05) is 6.07 Å². The van der Waals surface area contributed by atoms with Crippen LogP contribution in [0.3, 0.4) is 0 Å². The van der Waals surface area contributed by atoms with Crippen LogP contribution < -0.4 is 0 Å². The standard InChI is InChI=1S/C12H17NOS/c1-12(5-3-7-15-12)11(14)8-10-4-2-6-13-9-10/h2,4,6,9,11,14H,3,5,7-8H2,1H3. The monoisotopic (exact) mass is 223 g/mol. The molecular weight excluding hydrogens is 206 g/mol. The van der Waals surface area contributed by atoms with Crippen LogP contribution in [0.1, 0.15) is 25.3 Å². The number of hydrogen-bond acceptors (Lipinski definition) is 3. The van der Waals surface area contributed by atoms with Crippen molar-refractivity contribution in [1.29, 1.82) is 0 Å². The number of aliphatic hydroxyl groups excluding tert-OH is 1. The highest BCUT2D eigenvalue weighted by atomic mass is 32.2. The van der Waals surface area contributed by atoms with Gasteiger partial charge in [-0.3, -0.25) is 4.98 Å². The Morgan fingerprint density at radius 1 is 1.67 bits per heavy atom. The SMILES string of the molecule is CC1(C(O)Cc2cccnc2)CCCS1. The van der Waals surface area contributed by atoms with Crippen molar-refractivity contribution >= 4 is 11.8 Å². The number of pyridine rings is 1. The topological polar surface area (TPSA) is 33.1 Å². The van der Waals surface area contributed by atoms with Gasteiger partial charge in [0.05, 0.1) is 6.10 Å². The molecule has 0 amide bonds. The smallest absolute Gasteiger partial charge is 0.0724 e. The predicted octanol–water partition coefficient (Wildman–Crippen LogP) is 2.27. The number of aromatic nitrogens is 1. The number of hydrogen-bond donors (Lipinski definition) is 1. The minimum absolute atomic E-state index is 0.0514. The Labute approximate surface area is 95.1 Å². The quantitative estimate of drug-likeness (QED) is 0.853. The molecule has 1 saturated heterocycles. The lowest BCUT2D eigenvalue weighted by Crippen LogP contribution is -2.35. The summed E-state index contributed by atoms with van der Waals surface area (Å²) in [6, 6.07) is 3.95. The van der Waals surface area contributed by atoms with Crippen LogP contribution in [-0.2, 0) is 6.42 Å². The second-order valence-electron chi connectivity index (χ2n) is 4.35. The minimum atomic E-state index is -0.255. The zero-order valence-corrected chi connectivity index (χ0v) is 9.83. The van der Waals surface area contributed by atoms with Crippen LogP contribution in [0.25, 0.3) is 0 Å². The van der Waals surface area contributed by atoms with Crippen LogP contribution in [0, 0.1) is 0 Å². The fourth-order valence-corrected chi connectivity index (χ4v) is 3.34. The van der Waals surface area contributed by atoms with Crippen molar-refractivity contribution < 1.29 is 5.11 Å². The lowest BCUT2D eigenvalue weighted by molar-refractivity contribution is 0.133. The number of thioether (sulfide) groups is 1. The molecule has 1 fully saturated rings. The molecule has 1 aliphatic heterocycles. The molecule has 2 rings (SSSR count). The molecule has 2 nitrogen and oxygen atoms in total. The Morgan fingerprint density at radius 3 is 3.13 bits per heavy atom. The summed E-state index contributed by atoms with van der Waals surface area (Å²) in [6.45, 7) is 2.17. The molecule has 1 N–H and O–H groups in total. The zero-order valence-electron chi connectivity index (χ0n) is 9.02. The largest absolute Gasteiger partial charge is 0.391 e. The average Bonchev–Trinajstić information content (AvgIpc) is 2.68. The van der Waals surface area contributed by atoms with E-state index in [9.17, 15) is 5.11 Å². The number of rotatable bonds is 3. The zero-order chi connectivity index (χ0) is 10.7. The first-order chi connectivity index (χ1) is 7.21. The van der Waals surface area contributed by atoms with E-state index < -0.39 is 0 Å². The van der Waals surface area contributed by atoms with Crippen LogP contribution in [0.5, 0.6) is 0 Å². The van der Waals surface area contributed by atoms with Gasteiger partial charge in [-0.2, -0.15) is 11.8 Å². The van der Waals surface area contributed by atoms with Crippen LogP contribution in [0.2, 0.25) is 0 Å². The van der Waals surface area contributed by atoms with E-state index in [0.29, 0.717) is 0 Å². The summed E-state index contributed by atoms with van der Waals surface area (Å²) in [5, 5.41) is 10.2. The third-order valence-electron chi connectivity index (χ3n) is 3.11. The van der Waals surface area contributed by atoms with Gasteiger partial charge in [0.15, 0.2) is 0 Å². The molecular formula is C12H17NOS. The number of nitrogens with zero attached hydrogens (tertiary/aromatic N) is 1. The van der Waals surface area contributed by atoms with Crippen LogP contribution in [0.4, 0.5) is 0 Å². The van der Waals surface area contributed by atoms with Gasteiger partial charge in [0.1, 0.15) is 0 Å². The molecule has 1 aliphatic rings. The van der Waals surface area contributed by atoms with Gasteiger partial charge in [-0.25, -0.2) is 0 Å². The van der Waals surface area contributed by atoms with Crippen molar-refractivity contribution in [2.24, 2.45) is 0 Å². The van der Waals surface area contributed by atoms with Gasteiger partial charge in [0, 0.05) is 23.6 Å². The summed E-state index contributed by atoms with van der Waals surface area (Å²) in [5.41, 5.74) is 1.12. The maximum Gasteiger partial charge on any atom is 0.0724 e. The van der Waals surface area contributed by atoms with E-state index in [1.54, 1.807) is 6.20 Å². The van der Waals surface area contributed by atoms with Gasteiger partial charge in [0.2, 0.25) is 0 Å². The van der Waals surface area contributed by atoms with Crippen molar-refractivity contribution in [2.75, 3.05) is 5.75 Å². The molecule has 0 aromatic carbocycles. The summed E-state index contributed by atoms with van der Waals surface area (Å²) in [6.07, 6.45) is 6.42. The second kappa shape index (κ2) is 4.54. The van der Waals surface area contributed by atoms with E-state index in [1.807, 2.05) is 30.1 Å². The van der Waals surface area contributed by atoms with Crippen LogP contribution in [-0.4, -0.2) is 26.7 Å². The van der Waals surface area contributed by atoms with Gasteiger partial charge in [0.25, 0.3) is 0 Å². The molecule has 0 radical (unpaired) electrons. The Morgan fingerprint density at radius 2 is 2.53 bits per heavy atom. The predicted molar refractivity (Wildman–Crippen MR) is 64.0 cm³/mol. The summed E-state index contributed by atoms with van der Waals surface area (Å²) < 4.78 is 0.0514. The van der Waals surface area contributed by atoms with E-state index in [2.05, 4.69) is 11.9 Å². The Hall–Kier alpha value is -0.540. The third kappa shape index (κ3) is 2.52. The van der Waals surface area contributed by atoms with Gasteiger partial charge in [-0.05, 0) is 37.1 Å². The molecule has 82 valence electrons. The van der Waals surface area contributed by atoms with Crippen molar-refractivity contribution in [1.82, 2.24) is 4.98 Å². The van der Waals surface area contributed by atoms with Gasteiger partial charge < -0.3 is 5.11 Å². The third-order valence-corrected chi connectivity index (χ3v) is 4.73. The maximum atomic E-state index is 10.2.